The number of esters is 3. The molecule has 0 amide bonds. The van der Waals surface area contributed by atoms with Crippen molar-refractivity contribution in [3.63, 3.8) is 0 Å². The van der Waals surface area contributed by atoms with E-state index in [-0.39, 0.29) is 22.7 Å². The highest BCUT2D eigenvalue weighted by molar-refractivity contribution is 9.10. The third-order valence-corrected chi connectivity index (χ3v) is 5.01. The van der Waals surface area contributed by atoms with E-state index >= 15 is 0 Å². The number of rotatable bonds is 3. The number of carbonyl (C=O) groups excluding carboxylic acids is 3. The van der Waals surface area contributed by atoms with E-state index in [2.05, 4.69) is 21.2 Å². The largest absolute Gasteiger partial charge is 0.466 e. The van der Waals surface area contributed by atoms with Gasteiger partial charge in [-0.25, -0.2) is 14.4 Å². The zero-order valence-corrected chi connectivity index (χ0v) is 17.3. The first kappa shape index (κ1) is 19.9. The van der Waals surface area contributed by atoms with Gasteiger partial charge in [0.05, 0.1) is 13.2 Å². The molecule has 2 heterocycles. The van der Waals surface area contributed by atoms with Crippen LogP contribution in [0.5, 0.6) is 0 Å². The smallest absolute Gasteiger partial charge is 0.339 e. The Hall–Kier alpha value is -2.81. The Morgan fingerprint density at radius 1 is 1.25 bits per heavy atom. The Morgan fingerprint density at radius 2 is 1.93 bits per heavy atom. The third-order valence-electron chi connectivity index (χ3n) is 4.51. The Morgan fingerprint density at radius 3 is 2.54 bits per heavy atom. The van der Waals surface area contributed by atoms with Crippen molar-refractivity contribution < 1.29 is 28.6 Å². The van der Waals surface area contributed by atoms with Crippen LogP contribution in [0.2, 0.25) is 0 Å². The molecule has 1 unspecified atom stereocenters. The molecule has 0 aromatic heterocycles. The molecule has 3 N–H and O–H groups in total. The number of halogens is 1. The van der Waals surface area contributed by atoms with Gasteiger partial charge in [-0.15, -0.1) is 0 Å². The van der Waals surface area contributed by atoms with E-state index in [1.807, 2.05) is 0 Å². The molecule has 2 aliphatic rings. The van der Waals surface area contributed by atoms with Gasteiger partial charge in [-0.05, 0) is 39.0 Å². The number of methoxy groups -OCH3 is 1. The van der Waals surface area contributed by atoms with Crippen LogP contribution in [0.1, 0.15) is 26.3 Å². The van der Waals surface area contributed by atoms with Crippen molar-refractivity contribution in [2.45, 2.75) is 32.3 Å². The highest BCUT2D eigenvalue weighted by atomic mass is 79.9. The molecule has 0 aliphatic carbocycles. The van der Waals surface area contributed by atoms with Crippen molar-refractivity contribution in [1.29, 1.82) is 0 Å². The van der Waals surface area contributed by atoms with Crippen molar-refractivity contribution in [3.8, 4) is 0 Å². The Bertz CT molecular complexity index is 965. The molecule has 3 rings (SSSR count). The molecular weight excluding hydrogens is 432 g/mol. The number of hydrogen-bond donors (Lipinski definition) is 2. The molecule has 0 saturated carbocycles. The van der Waals surface area contributed by atoms with Crippen LogP contribution in [-0.4, -0.2) is 31.1 Å². The molecule has 28 heavy (non-hydrogen) atoms. The highest BCUT2D eigenvalue weighted by Gasteiger charge is 2.62. The lowest BCUT2D eigenvalue weighted by atomic mass is 9.67. The predicted molar refractivity (Wildman–Crippen MR) is 103 cm³/mol. The first-order chi connectivity index (χ1) is 13.1. The van der Waals surface area contributed by atoms with E-state index in [4.69, 9.17) is 19.9 Å². The third kappa shape index (κ3) is 2.77. The molecule has 0 bridgehead atoms. The predicted octanol–water partition coefficient (Wildman–Crippen LogP) is 2.24. The van der Waals surface area contributed by atoms with Crippen LogP contribution in [0.4, 0.5) is 5.69 Å². The minimum Gasteiger partial charge on any atom is -0.466 e. The summed E-state index contributed by atoms with van der Waals surface area (Å²) in [6, 6.07) is 5.04. The molecule has 148 valence electrons. The van der Waals surface area contributed by atoms with E-state index in [0.29, 0.717) is 15.7 Å². The molecule has 1 spiro atoms. The molecule has 1 atom stereocenters. The summed E-state index contributed by atoms with van der Waals surface area (Å²) in [5.74, 6) is -2.54. The van der Waals surface area contributed by atoms with Crippen LogP contribution >= 0.6 is 15.9 Å². The molecular formula is C19H19BrN2O6. The second kappa shape index (κ2) is 6.97. The van der Waals surface area contributed by atoms with Gasteiger partial charge in [-0.2, -0.15) is 0 Å². The van der Waals surface area contributed by atoms with E-state index in [9.17, 15) is 14.4 Å². The lowest BCUT2D eigenvalue weighted by molar-refractivity contribution is -0.148. The van der Waals surface area contributed by atoms with Gasteiger partial charge in [0.2, 0.25) is 0 Å². The summed E-state index contributed by atoms with van der Waals surface area (Å²) in [6.45, 7) is 4.79. The summed E-state index contributed by atoms with van der Waals surface area (Å²) >= 11 is 3.37. The van der Waals surface area contributed by atoms with Crippen LogP contribution < -0.4 is 11.1 Å². The van der Waals surface area contributed by atoms with Crippen LogP contribution in [0, 0.1) is 0 Å². The van der Waals surface area contributed by atoms with Crippen molar-refractivity contribution >= 4 is 39.5 Å². The number of nitrogens with two attached hydrogens (primary N) is 1. The average molecular weight is 451 g/mol. The van der Waals surface area contributed by atoms with Crippen LogP contribution in [0.3, 0.4) is 0 Å². The monoisotopic (exact) mass is 450 g/mol. The van der Waals surface area contributed by atoms with Gasteiger partial charge in [-0.3, -0.25) is 0 Å². The second-order valence-electron chi connectivity index (χ2n) is 6.62. The van der Waals surface area contributed by atoms with Gasteiger partial charge in [0, 0.05) is 15.7 Å². The number of ether oxygens (including phenoxy) is 3. The fourth-order valence-corrected chi connectivity index (χ4v) is 3.88. The molecule has 1 aromatic rings. The minimum atomic E-state index is -1.91. The summed E-state index contributed by atoms with van der Waals surface area (Å²) in [6.07, 6.45) is -0.474. The number of fused-ring (bicyclic) bond motifs is 2. The quantitative estimate of drug-likeness (QED) is 0.531. The van der Waals surface area contributed by atoms with Gasteiger partial charge < -0.3 is 25.3 Å². The van der Waals surface area contributed by atoms with E-state index in [1.54, 1.807) is 32.0 Å². The summed E-state index contributed by atoms with van der Waals surface area (Å²) in [4.78, 5) is 38.9. The van der Waals surface area contributed by atoms with Gasteiger partial charge in [-0.1, -0.05) is 15.9 Å². The number of carbonyl (C=O) groups is 3. The molecule has 0 radical (unpaired) electrons. The van der Waals surface area contributed by atoms with Crippen molar-refractivity contribution in [1.82, 2.24) is 0 Å². The number of anilines is 1. The topological polar surface area (TPSA) is 117 Å². The number of allylic oxidation sites excluding steroid dienone is 1. The zero-order chi connectivity index (χ0) is 20.8. The molecule has 9 heteroatoms. The van der Waals surface area contributed by atoms with Crippen LogP contribution in [0.15, 0.2) is 45.4 Å². The second-order valence-corrected chi connectivity index (χ2v) is 7.54. The maximum absolute atomic E-state index is 13.2. The summed E-state index contributed by atoms with van der Waals surface area (Å²) in [5.41, 5.74) is 4.70. The molecule has 8 nitrogen and oxygen atoms in total. The molecule has 2 aliphatic heterocycles. The average Bonchev–Trinajstić information content (AvgIpc) is 2.85. The van der Waals surface area contributed by atoms with E-state index in [1.165, 1.54) is 14.0 Å². The van der Waals surface area contributed by atoms with E-state index < -0.39 is 29.4 Å². The normalized spacial score (nSPS) is 20.9. The number of hydrogen-bond acceptors (Lipinski definition) is 8. The summed E-state index contributed by atoms with van der Waals surface area (Å²) < 4.78 is 16.2. The van der Waals surface area contributed by atoms with Gasteiger partial charge >= 0.3 is 17.9 Å². The molecule has 1 aromatic carbocycles. The number of benzene rings is 1. The fraction of sp³-hybridized carbons (Fsp3) is 0.316. The van der Waals surface area contributed by atoms with Gasteiger partial charge in [0.15, 0.2) is 5.41 Å². The zero-order valence-electron chi connectivity index (χ0n) is 15.7. The van der Waals surface area contributed by atoms with Crippen LogP contribution in [0.25, 0.3) is 0 Å². The maximum atomic E-state index is 13.2. The Balaban J connectivity index is 2.41. The van der Waals surface area contributed by atoms with Crippen molar-refractivity contribution in [2.75, 3.05) is 12.4 Å². The lowest BCUT2D eigenvalue weighted by Gasteiger charge is -2.36. The Labute approximate surface area is 169 Å². The maximum Gasteiger partial charge on any atom is 0.339 e. The van der Waals surface area contributed by atoms with Gasteiger partial charge in [0.25, 0.3) is 0 Å². The summed E-state index contributed by atoms with van der Waals surface area (Å²) in [5, 5.41) is 2.91. The van der Waals surface area contributed by atoms with Crippen molar-refractivity contribution in [2.24, 2.45) is 5.73 Å². The standard InChI is InChI=1S/C19H19BrN2O6/c1-8(2)27-17(24)14-15(21)22-12-6-5-10(20)7-11(12)19(14)13(16(23)26-4)9(3)28-18(19)25/h5-8,22H,21H2,1-4H3. The number of nitrogens with one attached hydrogen (secondary N) is 1. The Kier molecular flexibility index (Phi) is 4.97. The highest BCUT2D eigenvalue weighted by Crippen LogP contribution is 2.53. The first-order valence-electron chi connectivity index (χ1n) is 8.44. The van der Waals surface area contributed by atoms with Crippen LogP contribution in [-0.2, 0) is 34.0 Å². The molecule has 0 saturated heterocycles. The van der Waals surface area contributed by atoms with Crippen molar-refractivity contribution in [3.05, 3.63) is 51.0 Å². The summed E-state index contributed by atoms with van der Waals surface area (Å²) in [7, 11) is 1.18. The van der Waals surface area contributed by atoms with Gasteiger partial charge in [0.1, 0.15) is 22.7 Å². The van der Waals surface area contributed by atoms with E-state index in [0.717, 1.165) is 0 Å². The number of cyclic esters (lactones) is 1. The first-order valence-corrected chi connectivity index (χ1v) is 9.24. The lowest BCUT2D eigenvalue weighted by Crippen LogP contribution is -2.48. The minimum absolute atomic E-state index is 0.0346. The SMILES string of the molecule is COC(=O)C1=C(C)OC(=O)C12C(C(=O)OC(C)C)=C(N)Nc1ccc(Br)cc12. The molecule has 0 fully saturated rings. The fourth-order valence-electron chi connectivity index (χ4n) is 3.52.